The first kappa shape index (κ1) is 43.4. The van der Waals surface area contributed by atoms with Crippen molar-refractivity contribution < 1.29 is 98.9 Å². The maximum atomic E-state index is 13.4. The van der Waals surface area contributed by atoms with Crippen LogP contribution in [0.25, 0.3) is 6.08 Å². The molecule has 2 aromatic rings. The lowest BCUT2D eigenvalue weighted by atomic mass is 9.96. The summed E-state index contributed by atoms with van der Waals surface area (Å²) in [7, 11) is 1.33. The number of hydrogen-bond acceptors (Lipinski definition) is 20. The minimum absolute atomic E-state index is 0.115. The number of carbonyl (C=O) groups excluding carboxylic acids is 1. The molecule has 0 aromatic heterocycles. The molecule has 0 aliphatic carbocycles. The lowest BCUT2D eigenvalue weighted by Gasteiger charge is -2.47. The van der Waals surface area contributed by atoms with E-state index in [2.05, 4.69) is 0 Å². The zero-order valence-electron chi connectivity index (χ0n) is 30.2. The summed E-state index contributed by atoms with van der Waals surface area (Å²) in [5, 5.41) is 113. The molecular weight excluding hydrogens is 752 g/mol. The number of ether oxygens (including phenoxy) is 8. The minimum atomic E-state index is -1.87. The molecule has 0 unspecified atom stereocenters. The van der Waals surface area contributed by atoms with E-state index < -0.39 is 111 Å². The molecule has 3 aliphatic rings. The number of benzene rings is 2. The molecule has 3 fully saturated rings. The number of phenols is 3. The number of aromatic hydroxyl groups is 3. The van der Waals surface area contributed by atoms with Crippen molar-refractivity contribution in [3.63, 3.8) is 0 Å². The average Bonchev–Trinajstić information content (AvgIpc) is 3.18. The van der Waals surface area contributed by atoms with Crippen LogP contribution in [0.15, 0.2) is 42.5 Å². The van der Waals surface area contributed by atoms with Crippen LogP contribution in [-0.2, 0) is 44.4 Å². The molecule has 20 nitrogen and oxygen atoms in total. The Balaban J connectivity index is 1.44. The second-order valence-corrected chi connectivity index (χ2v) is 13.5. The van der Waals surface area contributed by atoms with E-state index in [0.717, 1.165) is 6.08 Å². The molecule has 0 bridgehead atoms. The molecule has 5 rings (SSSR count). The monoisotopic (exact) mass is 800 g/mol. The first-order chi connectivity index (χ1) is 26.6. The van der Waals surface area contributed by atoms with Gasteiger partial charge in [0.1, 0.15) is 61.0 Å². The smallest absolute Gasteiger partial charge is 0.331 e. The molecule has 0 saturated carbocycles. The van der Waals surface area contributed by atoms with Crippen LogP contribution in [0.2, 0.25) is 0 Å². The third-order valence-electron chi connectivity index (χ3n) is 9.57. The molecule has 0 spiro atoms. The van der Waals surface area contributed by atoms with Crippen LogP contribution in [0.5, 0.6) is 23.0 Å². The van der Waals surface area contributed by atoms with Gasteiger partial charge >= 0.3 is 5.97 Å². The SMILES string of the molecule is COc1cc(/C=C/C(=O)O[C@H]2[C@@H](O[C@@H]3O[C@H](C)[C@@H](O)[C@@H](O)[C@H]3O)[C@@H](O)[C@H](OCCc3ccc(O)c(O)c3)O[C@@H]2CO[C@@H]2O[C@H](CO)[C@@H](O)[C@H](O)[C@H]2O)ccc1O. The Labute approximate surface area is 319 Å². The summed E-state index contributed by atoms with van der Waals surface area (Å²) in [5.74, 6) is -1.81. The van der Waals surface area contributed by atoms with Crippen molar-refractivity contribution in [1.82, 2.24) is 0 Å². The van der Waals surface area contributed by atoms with E-state index >= 15 is 0 Å². The second-order valence-electron chi connectivity index (χ2n) is 13.5. The zero-order valence-corrected chi connectivity index (χ0v) is 30.2. The van der Waals surface area contributed by atoms with E-state index in [4.69, 9.17) is 37.9 Å². The summed E-state index contributed by atoms with van der Waals surface area (Å²) in [6.45, 7) is -0.207. The molecule has 0 amide bonds. The number of rotatable bonds is 14. The third-order valence-corrected chi connectivity index (χ3v) is 9.57. The number of carbonyl (C=O) groups is 1. The van der Waals surface area contributed by atoms with Crippen molar-refractivity contribution >= 4 is 12.0 Å². The van der Waals surface area contributed by atoms with Crippen molar-refractivity contribution in [1.29, 1.82) is 0 Å². The van der Waals surface area contributed by atoms with Gasteiger partial charge in [-0.25, -0.2) is 4.79 Å². The van der Waals surface area contributed by atoms with Crippen molar-refractivity contribution in [3.8, 4) is 23.0 Å². The Morgan fingerprint density at radius 3 is 2.07 bits per heavy atom. The van der Waals surface area contributed by atoms with E-state index in [1.807, 2.05) is 0 Å². The fourth-order valence-electron chi connectivity index (χ4n) is 6.29. The summed E-state index contributed by atoms with van der Waals surface area (Å²) in [5.41, 5.74) is 0.925. The average molecular weight is 801 g/mol. The van der Waals surface area contributed by atoms with Crippen molar-refractivity contribution in [2.45, 2.75) is 105 Å². The summed E-state index contributed by atoms with van der Waals surface area (Å²) in [6, 6.07) is 8.31. The predicted molar refractivity (Wildman–Crippen MR) is 185 cm³/mol. The Morgan fingerprint density at radius 1 is 0.714 bits per heavy atom. The van der Waals surface area contributed by atoms with Gasteiger partial charge in [0.25, 0.3) is 0 Å². The standard InChI is InChI=1S/C36H48O20/c1-15-25(42)27(44)30(47)36(52-15)56-33-31(48)35(50-10-9-17-3-6-18(38)20(40)11-17)54-23(14-51-34-29(46)28(45)26(43)22(13-37)53-34)32(33)55-24(41)8-5-16-4-7-19(39)21(12-16)49-2/h3-8,11-12,15,22-23,25-40,42-48H,9-10,13-14H2,1-2H3/b8-5+/t15-,22-,23-,25-,26-,27-,28+,29-,30-,31-,32-,33+,34-,35-,36+/m1/s1. The predicted octanol–water partition coefficient (Wildman–Crippen LogP) is -2.89. The maximum Gasteiger partial charge on any atom is 0.331 e. The van der Waals surface area contributed by atoms with Crippen LogP contribution in [0.4, 0.5) is 0 Å². The topological polar surface area (TPSA) is 313 Å². The van der Waals surface area contributed by atoms with Crippen LogP contribution in [-0.4, -0.2) is 181 Å². The van der Waals surface area contributed by atoms with Gasteiger partial charge in [0.15, 0.2) is 48.0 Å². The Morgan fingerprint density at radius 2 is 1.38 bits per heavy atom. The summed E-state index contributed by atoms with van der Waals surface area (Å²) in [6.07, 6.45) is -22.2. The molecule has 312 valence electrons. The molecule has 3 heterocycles. The van der Waals surface area contributed by atoms with E-state index in [9.17, 15) is 61.0 Å². The van der Waals surface area contributed by atoms with Crippen LogP contribution in [0.3, 0.4) is 0 Å². The van der Waals surface area contributed by atoms with Crippen LogP contribution in [0.1, 0.15) is 18.1 Å². The lowest BCUT2D eigenvalue weighted by Crippen LogP contribution is -2.65. The molecule has 15 atom stereocenters. The normalized spacial score (nSPS) is 36.4. The van der Waals surface area contributed by atoms with Crippen LogP contribution >= 0.6 is 0 Å². The van der Waals surface area contributed by atoms with Crippen molar-refractivity contribution in [2.24, 2.45) is 0 Å². The number of esters is 1. The molecule has 2 aromatic carbocycles. The first-order valence-corrected chi connectivity index (χ1v) is 17.6. The first-order valence-electron chi connectivity index (χ1n) is 17.6. The third kappa shape index (κ3) is 10.0. The largest absolute Gasteiger partial charge is 0.504 e. The van der Waals surface area contributed by atoms with Gasteiger partial charge in [0.2, 0.25) is 0 Å². The highest BCUT2D eigenvalue weighted by Gasteiger charge is 2.53. The molecule has 0 radical (unpaired) electrons. The Bertz CT molecular complexity index is 1620. The van der Waals surface area contributed by atoms with Gasteiger partial charge in [-0.2, -0.15) is 0 Å². The molecule has 3 aliphatic heterocycles. The van der Waals surface area contributed by atoms with Crippen LogP contribution in [0, 0.1) is 0 Å². The maximum absolute atomic E-state index is 13.4. The summed E-state index contributed by atoms with van der Waals surface area (Å²) >= 11 is 0. The molecular formula is C36H48O20. The summed E-state index contributed by atoms with van der Waals surface area (Å²) < 4.78 is 45.5. The molecule has 11 N–H and O–H groups in total. The number of aliphatic hydroxyl groups is 8. The fourth-order valence-corrected chi connectivity index (χ4v) is 6.29. The van der Waals surface area contributed by atoms with E-state index in [-0.39, 0.29) is 36.0 Å². The zero-order chi connectivity index (χ0) is 40.8. The number of aliphatic hydroxyl groups excluding tert-OH is 8. The van der Waals surface area contributed by atoms with Gasteiger partial charge < -0.3 is 94.1 Å². The minimum Gasteiger partial charge on any atom is -0.504 e. The Hall–Kier alpha value is -3.71. The van der Waals surface area contributed by atoms with E-state index in [1.54, 1.807) is 0 Å². The number of hydrogen-bond donors (Lipinski definition) is 11. The second kappa shape index (κ2) is 19.2. The van der Waals surface area contributed by atoms with E-state index in [0.29, 0.717) is 11.1 Å². The van der Waals surface area contributed by atoms with Gasteiger partial charge in [0, 0.05) is 6.08 Å². The Kier molecular flexibility index (Phi) is 14.9. The highest BCUT2D eigenvalue weighted by Crippen LogP contribution is 2.33. The fraction of sp³-hybridized carbons (Fsp3) is 0.583. The van der Waals surface area contributed by atoms with Gasteiger partial charge in [-0.05, 0) is 54.8 Å². The van der Waals surface area contributed by atoms with Gasteiger partial charge in [-0.15, -0.1) is 0 Å². The molecule has 3 saturated heterocycles. The highest BCUT2D eigenvalue weighted by molar-refractivity contribution is 5.87. The quantitative estimate of drug-likeness (QED) is 0.0519. The van der Waals surface area contributed by atoms with Crippen molar-refractivity contribution in [2.75, 3.05) is 26.9 Å². The van der Waals surface area contributed by atoms with Gasteiger partial charge in [-0.3, -0.25) is 0 Å². The lowest BCUT2D eigenvalue weighted by molar-refractivity contribution is -0.364. The number of methoxy groups -OCH3 is 1. The van der Waals surface area contributed by atoms with Gasteiger partial charge in [-0.1, -0.05) is 12.1 Å². The van der Waals surface area contributed by atoms with Gasteiger partial charge in [0.05, 0.1) is 33.0 Å². The molecule has 20 heteroatoms. The van der Waals surface area contributed by atoms with Crippen LogP contribution < -0.4 is 4.74 Å². The van der Waals surface area contributed by atoms with Crippen molar-refractivity contribution in [3.05, 3.63) is 53.6 Å². The number of phenolic OH excluding ortho intramolecular Hbond substituents is 3. The highest BCUT2D eigenvalue weighted by atomic mass is 16.8. The molecule has 56 heavy (non-hydrogen) atoms. The summed E-state index contributed by atoms with van der Waals surface area (Å²) in [4.78, 5) is 13.4. The van der Waals surface area contributed by atoms with E-state index in [1.165, 1.54) is 56.5 Å².